The van der Waals surface area contributed by atoms with Crippen molar-refractivity contribution in [3.8, 4) is 0 Å². The van der Waals surface area contributed by atoms with E-state index in [1.54, 1.807) is 18.9 Å². The monoisotopic (exact) mass is 329 g/mol. The lowest BCUT2D eigenvalue weighted by molar-refractivity contribution is -0.387. The minimum atomic E-state index is -3.73. The van der Waals surface area contributed by atoms with E-state index in [0.29, 0.717) is 12.2 Å². The van der Waals surface area contributed by atoms with Crippen LogP contribution in [0.25, 0.3) is 0 Å². The standard InChI is InChI=1S/C13H19N3O5S/c1-9(13(17)14-2)8-15(3)10-5-6-11(16(18)19)12(7-10)22(4,20)21/h5-7,9H,8H2,1-4H3,(H,14,17). The molecule has 1 rings (SSSR count). The van der Waals surface area contributed by atoms with Crippen LogP contribution in [0, 0.1) is 16.0 Å². The molecule has 0 radical (unpaired) electrons. The van der Waals surface area contributed by atoms with Gasteiger partial charge in [0.05, 0.1) is 10.8 Å². The van der Waals surface area contributed by atoms with E-state index in [9.17, 15) is 23.3 Å². The molecule has 0 saturated heterocycles. The lowest BCUT2D eigenvalue weighted by Crippen LogP contribution is -2.34. The van der Waals surface area contributed by atoms with Gasteiger partial charge in [0.1, 0.15) is 4.90 Å². The second kappa shape index (κ2) is 6.73. The Morgan fingerprint density at radius 3 is 2.50 bits per heavy atom. The molecule has 0 fully saturated rings. The Hall–Kier alpha value is -2.16. The first kappa shape index (κ1) is 17.9. The molecule has 22 heavy (non-hydrogen) atoms. The van der Waals surface area contributed by atoms with Gasteiger partial charge in [-0.3, -0.25) is 14.9 Å². The molecule has 0 saturated carbocycles. The fourth-order valence-corrected chi connectivity index (χ4v) is 2.89. The maximum absolute atomic E-state index is 11.7. The Labute approximate surface area is 129 Å². The Bertz CT molecular complexity index is 687. The van der Waals surface area contributed by atoms with Crippen LogP contribution in [0.15, 0.2) is 23.1 Å². The van der Waals surface area contributed by atoms with Crippen molar-refractivity contribution in [3.05, 3.63) is 28.3 Å². The maximum atomic E-state index is 11.7. The molecular formula is C13H19N3O5S. The number of hydrogen-bond donors (Lipinski definition) is 1. The van der Waals surface area contributed by atoms with Crippen LogP contribution in [0.4, 0.5) is 11.4 Å². The van der Waals surface area contributed by atoms with E-state index in [0.717, 1.165) is 12.3 Å². The van der Waals surface area contributed by atoms with Crippen LogP contribution >= 0.6 is 0 Å². The van der Waals surface area contributed by atoms with Gasteiger partial charge in [0.2, 0.25) is 5.91 Å². The highest BCUT2D eigenvalue weighted by Crippen LogP contribution is 2.28. The number of nitrogens with zero attached hydrogens (tertiary/aromatic N) is 2. The summed E-state index contributed by atoms with van der Waals surface area (Å²) < 4.78 is 23.4. The second-order valence-corrected chi connectivity index (χ2v) is 7.06. The Morgan fingerprint density at radius 2 is 2.05 bits per heavy atom. The molecule has 0 spiro atoms. The van der Waals surface area contributed by atoms with E-state index >= 15 is 0 Å². The van der Waals surface area contributed by atoms with E-state index in [4.69, 9.17) is 0 Å². The number of carbonyl (C=O) groups is 1. The van der Waals surface area contributed by atoms with Crippen molar-refractivity contribution in [3.63, 3.8) is 0 Å². The summed E-state index contributed by atoms with van der Waals surface area (Å²) in [5, 5.41) is 13.5. The maximum Gasteiger partial charge on any atom is 0.288 e. The van der Waals surface area contributed by atoms with Gasteiger partial charge >= 0.3 is 0 Å². The van der Waals surface area contributed by atoms with Crippen LogP contribution in [0.3, 0.4) is 0 Å². The molecule has 0 aliphatic carbocycles. The topological polar surface area (TPSA) is 110 Å². The number of benzene rings is 1. The number of carbonyl (C=O) groups excluding carboxylic acids is 1. The molecule has 0 aromatic heterocycles. The molecule has 1 atom stereocenters. The first-order chi connectivity index (χ1) is 10.1. The quantitative estimate of drug-likeness (QED) is 0.611. The van der Waals surface area contributed by atoms with Crippen molar-refractivity contribution in [1.82, 2.24) is 5.32 Å². The Morgan fingerprint density at radius 1 is 1.45 bits per heavy atom. The van der Waals surface area contributed by atoms with Gasteiger partial charge in [0, 0.05) is 38.6 Å². The first-order valence-electron chi connectivity index (χ1n) is 6.49. The molecule has 0 aliphatic heterocycles. The van der Waals surface area contributed by atoms with Gasteiger partial charge in [-0.1, -0.05) is 6.92 Å². The summed E-state index contributed by atoms with van der Waals surface area (Å²) in [5.41, 5.74) is 0.0285. The molecule has 9 heteroatoms. The molecule has 1 aromatic rings. The van der Waals surface area contributed by atoms with Gasteiger partial charge in [0.25, 0.3) is 5.69 Å². The Balaban J connectivity index is 3.17. The number of amides is 1. The minimum absolute atomic E-state index is 0.142. The van der Waals surface area contributed by atoms with E-state index < -0.39 is 20.4 Å². The van der Waals surface area contributed by atoms with Crippen molar-refractivity contribution >= 4 is 27.1 Å². The highest BCUT2D eigenvalue weighted by molar-refractivity contribution is 7.90. The van der Waals surface area contributed by atoms with Crippen molar-refractivity contribution in [1.29, 1.82) is 0 Å². The van der Waals surface area contributed by atoms with Crippen molar-refractivity contribution in [2.45, 2.75) is 11.8 Å². The molecule has 0 heterocycles. The van der Waals surface area contributed by atoms with E-state index in [1.165, 1.54) is 19.2 Å². The molecule has 0 bridgehead atoms. The normalized spacial score (nSPS) is 12.5. The van der Waals surface area contributed by atoms with Gasteiger partial charge in [-0.05, 0) is 12.1 Å². The molecule has 122 valence electrons. The zero-order valence-corrected chi connectivity index (χ0v) is 13.7. The van der Waals surface area contributed by atoms with E-state index in [1.807, 2.05) is 0 Å². The number of nitrogens with one attached hydrogen (secondary N) is 1. The van der Waals surface area contributed by atoms with Crippen LogP contribution in [0.5, 0.6) is 0 Å². The van der Waals surface area contributed by atoms with Gasteiger partial charge in [-0.2, -0.15) is 0 Å². The number of sulfone groups is 1. The summed E-state index contributed by atoms with van der Waals surface area (Å²) in [6.45, 7) is 2.08. The fourth-order valence-electron chi connectivity index (χ4n) is 2.03. The summed E-state index contributed by atoms with van der Waals surface area (Å²) in [6, 6.07) is 3.88. The van der Waals surface area contributed by atoms with E-state index in [-0.39, 0.29) is 16.7 Å². The third-order valence-electron chi connectivity index (χ3n) is 3.22. The zero-order valence-electron chi connectivity index (χ0n) is 12.9. The molecule has 1 amide bonds. The zero-order chi connectivity index (χ0) is 17.1. The molecular weight excluding hydrogens is 310 g/mol. The third-order valence-corrected chi connectivity index (χ3v) is 4.35. The third kappa shape index (κ3) is 4.17. The van der Waals surface area contributed by atoms with Crippen molar-refractivity contribution in [2.24, 2.45) is 5.92 Å². The van der Waals surface area contributed by atoms with Crippen LogP contribution in [0.2, 0.25) is 0 Å². The number of nitro benzene ring substituents is 1. The van der Waals surface area contributed by atoms with Gasteiger partial charge in [-0.15, -0.1) is 0 Å². The molecule has 1 unspecified atom stereocenters. The predicted molar refractivity (Wildman–Crippen MR) is 82.7 cm³/mol. The average molecular weight is 329 g/mol. The van der Waals surface area contributed by atoms with Crippen LogP contribution in [0.1, 0.15) is 6.92 Å². The van der Waals surface area contributed by atoms with Crippen molar-refractivity contribution < 1.29 is 18.1 Å². The summed E-state index contributed by atoms with van der Waals surface area (Å²) in [4.78, 5) is 23.1. The van der Waals surface area contributed by atoms with Gasteiger partial charge in [0.15, 0.2) is 9.84 Å². The highest BCUT2D eigenvalue weighted by Gasteiger charge is 2.24. The van der Waals surface area contributed by atoms with Gasteiger partial charge in [-0.25, -0.2) is 8.42 Å². The minimum Gasteiger partial charge on any atom is -0.374 e. The van der Waals surface area contributed by atoms with Gasteiger partial charge < -0.3 is 10.2 Å². The summed E-state index contributed by atoms with van der Waals surface area (Å²) >= 11 is 0. The largest absolute Gasteiger partial charge is 0.374 e. The highest BCUT2D eigenvalue weighted by atomic mass is 32.2. The number of anilines is 1. The smallest absolute Gasteiger partial charge is 0.288 e. The lowest BCUT2D eigenvalue weighted by Gasteiger charge is -2.23. The molecule has 1 aromatic carbocycles. The Kier molecular flexibility index (Phi) is 5.48. The van der Waals surface area contributed by atoms with E-state index in [2.05, 4.69) is 5.32 Å². The van der Waals surface area contributed by atoms with Crippen LogP contribution < -0.4 is 10.2 Å². The first-order valence-corrected chi connectivity index (χ1v) is 8.38. The number of hydrogen-bond acceptors (Lipinski definition) is 6. The molecule has 8 nitrogen and oxygen atoms in total. The predicted octanol–water partition coefficient (Wildman–Crippen LogP) is 0.817. The van der Waals surface area contributed by atoms with Crippen LogP contribution in [-0.4, -0.2) is 46.1 Å². The van der Waals surface area contributed by atoms with Crippen molar-refractivity contribution in [2.75, 3.05) is 31.8 Å². The summed E-state index contributed by atoms with van der Waals surface area (Å²) in [5.74, 6) is -0.455. The summed E-state index contributed by atoms with van der Waals surface area (Å²) in [7, 11) is -0.510. The molecule has 1 N–H and O–H groups in total. The SMILES string of the molecule is CNC(=O)C(C)CN(C)c1ccc([N+](=O)[O-])c(S(C)(=O)=O)c1. The molecule has 0 aliphatic rings. The second-order valence-electron chi connectivity index (χ2n) is 5.08. The number of nitro groups is 1. The fraction of sp³-hybridized carbons (Fsp3) is 0.462. The average Bonchev–Trinajstić information content (AvgIpc) is 2.44. The summed E-state index contributed by atoms with van der Waals surface area (Å²) in [6.07, 6.45) is 0.923. The number of rotatable bonds is 6. The van der Waals surface area contributed by atoms with Crippen LogP contribution in [-0.2, 0) is 14.6 Å². The lowest BCUT2D eigenvalue weighted by atomic mass is 10.1.